The number of hydrogen-bond acceptors (Lipinski definition) is 4. The summed E-state index contributed by atoms with van der Waals surface area (Å²) in [7, 11) is 0. The number of aromatic nitrogens is 1. The lowest BCUT2D eigenvalue weighted by molar-refractivity contribution is -0.113. The summed E-state index contributed by atoms with van der Waals surface area (Å²) in [5.41, 5.74) is 2.43. The standard InChI is InChI=1S/C27H26BrN3O3S/c1-2-34-22-13-7-19(8-14-22)27(33)29-15-16-31-17-25(23-5-3-4-6-24(23)31)35-18-26(32)30-21-11-9-20(28)10-12-21/h3-14,17H,2,15-16,18H2,1H3,(H,29,33)(H,30,32). The fraction of sp³-hybridized carbons (Fsp3) is 0.185. The van der Waals surface area contributed by atoms with Crippen molar-refractivity contribution >= 4 is 56.1 Å². The molecule has 1 heterocycles. The van der Waals surface area contributed by atoms with Gasteiger partial charge in [-0.2, -0.15) is 0 Å². The maximum atomic E-state index is 12.5. The molecule has 0 aliphatic carbocycles. The minimum absolute atomic E-state index is 0.0585. The predicted octanol–water partition coefficient (Wildman–Crippen LogP) is 5.96. The molecular weight excluding hydrogens is 526 g/mol. The Bertz CT molecular complexity index is 1300. The second-order valence-corrected chi connectivity index (χ2v) is 9.69. The number of amides is 2. The van der Waals surface area contributed by atoms with Gasteiger partial charge in [-0.1, -0.05) is 34.1 Å². The molecule has 2 amide bonds. The van der Waals surface area contributed by atoms with Crippen LogP contribution in [-0.4, -0.2) is 35.3 Å². The molecule has 0 aliphatic heterocycles. The molecule has 0 radical (unpaired) electrons. The van der Waals surface area contributed by atoms with Crippen molar-refractivity contribution in [2.45, 2.75) is 18.4 Å². The average molecular weight is 552 g/mol. The fourth-order valence-electron chi connectivity index (χ4n) is 3.65. The third kappa shape index (κ3) is 6.68. The summed E-state index contributed by atoms with van der Waals surface area (Å²) in [5, 5.41) is 6.99. The molecule has 0 unspecified atom stereocenters. The highest BCUT2D eigenvalue weighted by Crippen LogP contribution is 2.30. The van der Waals surface area contributed by atoms with Gasteiger partial charge < -0.3 is 19.9 Å². The van der Waals surface area contributed by atoms with Crippen LogP contribution in [-0.2, 0) is 11.3 Å². The molecule has 180 valence electrons. The molecule has 35 heavy (non-hydrogen) atoms. The van der Waals surface area contributed by atoms with Crippen LogP contribution in [0.4, 0.5) is 5.69 Å². The summed E-state index contributed by atoms with van der Waals surface area (Å²) >= 11 is 4.90. The maximum Gasteiger partial charge on any atom is 0.251 e. The molecule has 3 aromatic carbocycles. The Morgan fingerprint density at radius 2 is 1.74 bits per heavy atom. The first kappa shape index (κ1) is 24.9. The van der Waals surface area contributed by atoms with Gasteiger partial charge in [0.15, 0.2) is 0 Å². The number of hydrogen-bond donors (Lipinski definition) is 2. The van der Waals surface area contributed by atoms with Crippen LogP contribution in [0.2, 0.25) is 0 Å². The number of fused-ring (bicyclic) bond motifs is 1. The molecule has 0 saturated heterocycles. The van der Waals surface area contributed by atoms with Gasteiger partial charge in [0.25, 0.3) is 5.91 Å². The summed E-state index contributed by atoms with van der Waals surface area (Å²) in [6, 6.07) is 22.7. The molecule has 0 saturated carbocycles. The van der Waals surface area contributed by atoms with E-state index in [4.69, 9.17) is 4.74 Å². The summed E-state index contributed by atoms with van der Waals surface area (Å²) in [5.74, 6) is 0.873. The monoisotopic (exact) mass is 551 g/mol. The Morgan fingerprint density at radius 3 is 2.49 bits per heavy atom. The first-order valence-corrected chi connectivity index (χ1v) is 13.1. The average Bonchev–Trinajstić information content (AvgIpc) is 3.22. The van der Waals surface area contributed by atoms with Crippen molar-refractivity contribution in [2.75, 3.05) is 24.2 Å². The minimum Gasteiger partial charge on any atom is -0.494 e. The SMILES string of the molecule is CCOc1ccc(C(=O)NCCn2cc(SCC(=O)Nc3ccc(Br)cc3)c3ccccc32)cc1. The molecule has 0 bridgehead atoms. The van der Waals surface area contributed by atoms with Crippen LogP contribution in [0, 0.1) is 0 Å². The third-order valence-corrected chi connectivity index (χ3v) is 6.88. The molecule has 4 rings (SSSR count). The van der Waals surface area contributed by atoms with Crippen LogP contribution in [0.25, 0.3) is 10.9 Å². The lowest BCUT2D eigenvalue weighted by Crippen LogP contribution is -2.27. The van der Waals surface area contributed by atoms with Gasteiger partial charge in [-0.05, 0) is 61.5 Å². The zero-order chi connectivity index (χ0) is 24.6. The molecule has 2 N–H and O–H groups in total. The van der Waals surface area contributed by atoms with E-state index in [9.17, 15) is 9.59 Å². The Balaban J connectivity index is 1.35. The number of carbonyl (C=O) groups excluding carboxylic acids is 2. The van der Waals surface area contributed by atoms with Crippen LogP contribution in [0.15, 0.2) is 88.4 Å². The number of rotatable bonds is 10. The summed E-state index contributed by atoms with van der Waals surface area (Å²) < 4.78 is 8.51. The van der Waals surface area contributed by atoms with Gasteiger partial charge in [-0.3, -0.25) is 9.59 Å². The normalized spacial score (nSPS) is 10.8. The van der Waals surface area contributed by atoms with Gasteiger partial charge in [-0.15, -0.1) is 11.8 Å². The van der Waals surface area contributed by atoms with E-state index in [1.54, 1.807) is 24.3 Å². The third-order valence-electron chi connectivity index (χ3n) is 5.30. The Labute approximate surface area is 217 Å². The Hall–Kier alpha value is -3.23. The van der Waals surface area contributed by atoms with E-state index in [0.29, 0.717) is 31.0 Å². The number of nitrogens with zero attached hydrogens (tertiary/aromatic N) is 1. The smallest absolute Gasteiger partial charge is 0.251 e. The molecule has 1 aromatic heterocycles. The van der Waals surface area contributed by atoms with Crippen molar-refractivity contribution in [1.82, 2.24) is 9.88 Å². The zero-order valence-corrected chi connectivity index (χ0v) is 21.7. The number of ether oxygens (including phenoxy) is 1. The highest BCUT2D eigenvalue weighted by atomic mass is 79.9. The molecule has 0 aliphatic rings. The van der Waals surface area contributed by atoms with Gasteiger partial charge >= 0.3 is 0 Å². The van der Waals surface area contributed by atoms with Crippen LogP contribution in [0.5, 0.6) is 5.75 Å². The van der Waals surface area contributed by atoms with Crippen LogP contribution in [0.3, 0.4) is 0 Å². The van der Waals surface area contributed by atoms with Crippen molar-refractivity contribution in [3.63, 3.8) is 0 Å². The van der Waals surface area contributed by atoms with Gasteiger partial charge in [0.05, 0.1) is 12.4 Å². The first-order valence-electron chi connectivity index (χ1n) is 11.3. The molecule has 6 nitrogen and oxygen atoms in total. The number of carbonyl (C=O) groups is 2. The lowest BCUT2D eigenvalue weighted by Gasteiger charge is -2.08. The van der Waals surface area contributed by atoms with Crippen molar-refractivity contribution in [3.05, 3.63) is 89.0 Å². The molecule has 8 heteroatoms. The highest BCUT2D eigenvalue weighted by Gasteiger charge is 2.12. The van der Waals surface area contributed by atoms with E-state index in [-0.39, 0.29) is 11.8 Å². The van der Waals surface area contributed by atoms with Gasteiger partial charge in [0, 0.05) is 50.8 Å². The summed E-state index contributed by atoms with van der Waals surface area (Å²) in [6.07, 6.45) is 2.05. The number of para-hydroxylation sites is 1. The molecule has 0 atom stereocenters. The molecule has 0 spiro atoms. The van der Waals surface area contributed by atoms with Crippen LogP contribution >= 0.6 is 27.7 Å². The quantitative estimate of drug-likeness (QED) is 0.238. The second kappa shape index (κ2) is 12.0. The first-order chi connectivity index (χ1) is 17.0. The van der Waals surface area contributed by atoms with Crippen molar-refractivity contribution < 1.29 is 14.3 Å². The van der Waals surface area contributed by atoms with Gasteiger partial charge in [-0.25, -0.2) is 0 Å². The number of anilines is 1. The van der Waals surface area contributed by atoms with E-state index < -0.39 is 0 Å². The lowest BCUT2D eigenvalue weighted by atomic mass is 10.2. The van der Waals surface area contributed by atoms with Crippen LogP contribution < -0.4 is 15.4 Å². The highest BCUT2D eigenvalue weighted by molar-refractivity contribution is 9.10. The largest absolute Gasteiger partial charge is 0.494 e. The molecule has 0 fully saturated rings. The summed E-state index contributed by atoms with van der Waals surface area (Å²) in [6.45, 7) is 3.62. The van der Waals surface area contributed by atoms with Crippen molar-refractivity contribution in [2.24, 2.45) is 0 Å². The maximum absolute atomic E-state index is 12.5. The zero-order valence-electron chi connectivity index (χ0n) is 19.3. The topological polar surface area (TPSA) is 72.4 Å². The predicted molar refractivity (Wildman–Crippen MR) is 145 cm³/mol. The van der Waals surface area contributed by atoms with Crippen molar-refractivity contribution in [3.8, 4) is 5.75 Å². The van der Waals surface area contributed by atoms with E-state index in [0.717, 1.165) is 31.7 Å². The number of thioether (sulfide) groups is 1. The molecule has 4 aromatic rings. The number of nitrogens with one attached hydrogen (secondary N) is 2. The molecular formula is C27H26BrN3O3S. The Morgan fingerprint density at radius 1 is 1.00 bits per heavy atom. The fourth-order valence-corrected chi connectivity index (χ4v) is 4.80. The number of halogens is 1. The van der Waals surface area contributed by atoms with E-state index >= 15 is 0 Å². The second-order valence-electron chi connectivity index (χ2n) is 7.76. The van der Waals surface area contributed by atoms with Gasteiger partial charge in [0.1, 0.15) is 5.75 Å². The summed E-state index contributed by atoms with van der Waals surface area (Å²) in [4.78, 5) is 26.0. The van der Waals surface area contributed by atoms with Gasteiger partial charge in [0.2, 0.25) is 5.91 Å². The van der Waals surface area contributed by atoms with Crippen LogP contribution in [0.1, 0.15) is 17.3 Å². The minimum atomic E-state index is -0.122. The van der Waals surface area contributed by atoms with Crippen molar-refractivity contribution in [1.29, 1.82) is 0 Å². The van der Waals surface area contributed by atoms with E-state index in [1.807, 2.05) is 49.5 Å². The van der Waals surface area contributed by atoms with E-state index in [1.165, 1.54) is 11.8 Å². The Kier molecular flexibility index (Phi) is 8.50. The van der Waals surface area contributed by atoms with E-state index in [2.05, 4.69) is 43.3 Å². The number of benzene rings is 3.